The van der Waals surface area contributed by atoms with Crippen molar-refractivity contribution in [2.24, 2.45) is 5.92 Å². The molecule has 0 radical (unpaired) electrons. The van der Waals surface area contributed by atoms with Crippen molar-refractivity contribution in [1.82, 2.24) is 15.1 Å². The summed E-state index contributed by atoms with van der Waals surface area (Å²) in [5.74, 6) is -0.554. The molecule has 0 spiro atoms. The molecule has 1 heterocycles. The first-order valence-corrected chi connectivity index (χ1v) is 7.05. The van der Waals surface area contributed by atoms with Crippen LogP contribution in [0.5, 0.6) is 0 Å². The maximum Gasteiger partial charge on any atom is 0.326 e. The maximum absolute atomic E-state index is 11.7. The molecule has 0 bridgehead atoms. The third kappa shape index (κ3) is 2.52. The molecule has 19 heavy (non-hydrogen) atoms. The number of carboxylic acid groups (broad SMARTS) is 1. The molecule has 0 amide bonds. The Morgan fingerprint density at radius 1 is 1.53 bits per heavy atom. The molecule has 2 N–H and O–H groups in total. The van der Waals surface area contributed by atoms with Gasteiger partial charge in [0.2, 0.25) is 0 Å². The first kappa shape index (κ1) is 14.1. The summed E-state index contributed by atoms with van der Waals surface area (Å²) in [6, 6.07) is 2.08. The first-order valence-electron chi connectivity index (χ1n) is 7.05. The highest BCUT2D eigenvalue weighted by atomic mass is 16.4. The molecule has 2 rings (SSSR count). The summed E-state index contributed by atoms with van der Waals surface area (Å²) in [6.07, 6.45) is 3.72. The number of nitrogens with zero attached hydrogens (tertiary/aromatic N) is 2. The fraction of sp³-hybridized carbons (Fsp3) is 0.714. The van der Waals surface area contributed by atoms with Gasteiger partial charge < -0.3 is 10.4 Å². The van der Waals surface area contributed by atoms with E-state index in [-0.39, 0.29) is 5.92 Å². The van der Waals surface area contributed by atoms with Crippen molar-refractivity contribution >= 4 is 5.97 Å². The molecule has 5 heteroatoms. The summed E-state index contributed by atoms with van der Waals surface area (Å²) in [5, 5.41) is 17.2. The second kappa shape index (κ2) is 5.33. The van der Waals surface area contributed by atoms with Crippen molar-refractivity contribution in [2.45, 2.75) is 51.6 Å². The van der Waals surface area contributed by atoms with E-state index in [2.05, 4.69) is 30.3 Å². The number of aliphatic carboxylic acids is 1. The smallest absolute Gasteiger partial charge is 0.326 e. The molecule has 0 aliphatic heterocycles. The zero-order chi connectivity index (χ0) is 14.0. The highest BCUT2D eigenvalue weighted by molar-refractivity contribution is 5.79. The first-order chi connectivity index (χ1) is 9.07. The van der Waals surface area contributed by atoms with Crippen molar-refractivity contribution in [1.29, 1.82) is 0 Å². The van der Waals surface area contributed by atoms with Gasteiger partial charge in [-0.05, 0) is 44.7 Å². The van der Waals surface area contributed by atoms with Gasteiger partial charge >= 0.3 is 5.97 Å². The minimum atomic E-state index is -0.874. The van der Waals surface area contributed by atoms with Crippen LogP contribution in [0.1, 0.15) is 38.1 Å². The number of nitrogens with one attached hydrogen (secondary N) is 1. The lowest BCUT2D eigenvalue weighted by atomic mass is 9.93. The van der Waals surface area contributed by atoms with Crippen LogP contribution in [0.2, 0.25) is 0 Å². The van der Waals surface area contributed by atoms with E-state index in [9.17, 15) is 9.90 Å². The second-order valence-electron chi connectivity index (χ2n) is 5.29. The topological polar surface area (TPSA) is 67.2 Å². The van der Waals surface area contributed by atoms with Crippen LogP contribution in [0.25, 0.3) is 0 Å². The minimum Gasteiger partial charge on any atom is -0.480 e. The predicted octanol–water partition coefficient (Wildman–Crippen LogP) is 1.46. The Hall–Kier alpha value is -1.36. The van der Waals surface area contributed by atoms with Crippen LogP contribution in [0.4, 0.5) is 0 Å². The molecule has 1 unspecified atom stereocenters. The number of carboxylic acids is 1. The fourth-order valence-corrected chi connectivity index (χ4v) is 2.68. The van der Waals surface area contributed by atoms with Crippen LogP contribution in [0.3, 0.4) is 0 Å². The van der Waals surface area contributed by atoms with E-state index in [0.717, 1.165) is 37.1 Å². The predicted molar refractivity (Wildman–Crippen MR) is 73.1 cm³/mol. The molecule has 5 nitrogen and oxygen atoms in total. The largest absolute Gasteiger partial charge is 0.480 e. The van der Waals surface area contributed by atoms with Gasteiger partial charge in [-0.3, -0.25) is 9.48 Å². The fourth-order valence-electron chi connectivity index (χ4n) is 2.68. The van der Waals surface area contributed by atoms with E-state index in [1.54, 1.807) is 7.05 Å². The SMILES string of the molecule is CCc1cc(CC)n(CC(NC)(C(=O)O)C2CC2)n1. The summed E-state index contributed by atoms with van der Waals surface area (Å²) in [6.45, 7) is 4.55. The zero-order valence-corrected chi connectivity index (χ0v) is 11.9. The molecule has 1 aliphatic rings. The van der Waals surface area contributed by atoms with Crippen LogP contribution in [0.15, 0.2) is 6.07 Å². The Bertz CT molecular complexity index is 465. The van der Waals surface area contributed by atoms with Crippen molar-refractivity contribution in [3.05, 3.63) is 17.5 Å². The number of rotatable bonds is 7. The van der Waals surface area contributed by atoms with Gasteiger partial charge in [-0.1, -0.05) is 13.8 Å². The highest BCUT2D eigenvalue weighted by Gasteiger charge is 2.51. The molecule has 1 atom stereocenters. The summed E-state index contributed by atoms with van der Waals surface area (Å²) in [7, 11) is 1.74. The van der Waals surface area contributed by atoms with E-state index < -0.39 is 11.5 Å². The third-order valence-corrected chi connectivity index (χ3v) is 4.14. The normalized spacial score (nSPS) is 18.3. The minimum absolute atomic E-state index is 0.217. The molecule has 1 fully saturated rings. The van der Waals surface area contributed by atoms with Gasteiger partial charge in [0.25, 0.3) is 0 Å². The highest BCUT2D eigenvalue weighted by Crippen LogP contribution is 2.40. The van der Waals surface area contributed by atoms with Crippen molar-refractivity contribution in [3.63, 3.8) is 0 Å². The Morgan fingerprint density at radius 2 is 2.21 bits per heavy atom. The molecule has 1 aromatic heterocycles. The number of hydrogen-bond donors (Lipinski definition) is 2. The number of carbonyl (C=O) groups is 1. The van der Waals surface area contributed by atoms with Crippen LogP contribution < -0.4 is 5.32 Å². The van der Waals surface area contributed by atoms with Gasteiger partial charge in [0.1, 0.15) is 5.54 Å². The van der Waals surface area contributed by atoms with Crippen molar-refractivity contribution in [2.75, 3.05) is 7.05 Å². The average molecular weight is 265 g/mol. The van der Waals surface area contributed by atoms with Crippen LogP contribution in [-0.2, 0) is 24.2 Å². The molecule has 0 saturated heterocycles. The summed E-state index contributed by atoms with van der Waals surface area (Å²) in [5.41, 5.74) is 1.27. The van der Waals surface area contributed by atoms with Crippen LogP contribution in [-0.4, -0.2) is 33.4 Å². The average Bonchev–Trinajstić information content (AvgIpc) is 3.17. The van der Waals surface area contributed by atoms with Crippen molar-refractivity contribution < 1.29 is 9.90 Å². The van der Waals surface area contributed by atoms with E-state index in [1.807, 2.05) is 4.68 Å². The lowest BCUT2D eigenvalue weighted by Gasteiger charge is -2.29. The van der Waals surface area contributed by atoms with Crippen molar-refractivity contribution in [3.8, 4) is 0 Å². The second-order valence-corrected chi connectivity index (χ2v) is 5.29. The molecular weight excluding hydrogens is 242 g/mol. The lowest BCUT2D eigenvalue weighted by molar-refractivity contribution is -0.146. The van der Waals surface area contributed by atoms with Crippen LogP contribution in [0, 0.1) is 5.92 Å². The Morgan fingerprint density at radius 3 is 2.63 bits per heavy atom. The molecule has 0 aromatic carbocycles. The van der Waals surface area contributed by atoms with E-state index >= 15 is 0 Å². The summed E-state index contributed by atoms with van der Waals surface area (Å²) < 4.78 is 1.88. The molecule has 1 aromatic rings. The zero-order valence-electron chi connectivity index (χ0n) is 11.9. The van der Waals surface area contributed by atoms with Gasteiger partial charge in [0, 0.05) is 5.69 Å². The van der Waals surface area contributed by atoms with E-state index in [1.165, 1.54) is 0 Å². The Labute approximate surface area is 114 Å². The summed E-state index contributed by atoms with van der Waals surface area (Å²) >= 11 is 0. The molecule has 1 aliphatic carbocycles. The number of likely N-dealkylation sites (N-methyl/N-ethyl adjacent to an activating group) is 1. The van der Waals surface area contributed by atoms with Gasteiger partial charge in [0.05, 0.1) is 12.2 Å². The van der Waals surface area contributed by atoms with Gasteiger partial charge in [0.15, 0.2) is 0 Å². The molecule has 1 saturated carbocycles. The van der Waals surface area contributed by atoms with Crippen LogP contribution >= 0.6 is 0 Å². The quantitative estimate of drug-likeness (QED) is 0.783. The molecular formula is C14H23N3O2. The van der Waals surface area contributed by atoms with Gasteiger partial charge in [-0.25, -0.2) is 0 Å². The number of hydrogen-bond acceptors (Lipinski definition) is 3. The maximum atomic E-state index is 11.7. The molecule has 106 valence electrons. The van der Waals surface area contributed by atoms with E-state index in [0.29, 0.717) is 6.54 Å². The Kier molecular flexibility index (Phi) is 3.94. The third-order valence-electron chi connectivity index (χ3n) is 4.14. The lowest BCUT2D eigenvalue weighted by Crippen LogP contribution is -2.55. The number of aryl methyl sites for hydroxylation is 2. The van der Waals surface area contributed by atoms with Gasteiger partial charge in [-0.15, -0.1) is 0 Å². The van der Waals surface area contributed by atoms with Gasteiger partial charge in [-0.2, -0.15) is 5.10 Å². The number of aromatic nitrogens is 2. The van der Waals surface area contributed by atoms with E-state index in [4.69, 9.17) is 0 Å². The standard InChI is InChI=1S/C14H23N3O2/c1-4-11-8-12(5-2)17(16-11)9-14(15-3,13(18)19)10-6-7-10/h8,10,15H,4-7,9H2,1-3H3,(H,18,19). The Balaban J connectivity index is 2.31. The summed E-state index contributed by atoms with van der Waals surface area (Å²) in [4.78, 5) is 11.7. The monoisotopic (exact) mass is 265 g/mol.